The Bertz CT molecular complexity index is 293. The largest absolute Gasteiger partial charge is 0.467 e. The molecule has 17 heavy (non-hydrogen) atoms. The zero-order chi connectivity index (χ0) is 10.7. The molecule has 1 atom stereocenters. The highest BCUT2D eigenvalue weighted by Gasteiger charge is 2.31. The van der Waals surface area contributed by atoms with E-state index in [4.69, 9.17) is 4.42 Å². The number of furan rings is 1. The van der Waals surface area contributed by atoms with Gasteiger partial charge in [-0.25, -0.2) is 8.78 Å². The number of nitrogens with zero attached hydrogens (tertiary/aromatic N) is 1. The van der Waals surface area contributed by atoms with Crippen molar-refractivity contribution in [2.75, 3.05) is 26.2 Å². The SMILES string of the molecule is Cl.Cl.FC(F)[C@@H](c1ccco1)N1CCNCC1. The Hall–Kier alpha value is -0.360. The molecule has 7 heteroatoms. The van der Waals surface area contributed by atoms with Crippen LogP contribution in [-0.2, 0) is 0 Å². The average Bonchev–Trinajstić information content (AvgIpc) is 2.72. The summed E-state index contributed by atoms with van der Waals surface area (Å²) in [5.41, 5.74) is 0. The zero-order valence-electron chi connectivity index (χ0n) is 9.14. The van der Waals surface area contributed by atoms with Crippen LogP contribution in [-0.4, -0.2) is 37.5 Å². The van der Waals surface area contributed by atoms with Gasteiger partial charge in [0.15, 0.2) is 0 Å². The van der Waals surface area contributed by atoms with Gasteiger partial charge in [0.05, 0.1) is 6.26 Å². The van der Waals surface area contributed by atoms with Crippen molar-refractivity contribution in [1.29, 1.82) is 0 Å². The number of halogens is 4. The lowest BCUT2D eigenvalue weighted by atomic mass is 10.1. The van der Waals surface area contributed by atoms with Crippen molar-refractivity contribution < 1.29 is 13.2 Å². The second-order valence-electron chi connectivity index (χ2n) is 3.58. The first-order chi connectivity index (χ1) is 7.29. The summed E-state index contributed by atoms with van der Waals surface area (Å²) >= 11 is 0. The molecule has 1 aliphatic heterocycles. The summed E-state index contributed by atoms with van der Waals surface area (Å²) in [5, 5.41) is 3.14. The second kappa shape index (κ2) is 7.87. The van der Waals surface area contributed by atoms with Gasteiger partial charge in [0.2, 0.25) is 0 Å². The van der Waals surface area contributed by atoms with Crippen LogP contribution in [0.15, 0.2) is 22.8 Å². The van der Waals surface area contributed by atoms with Crippen LogP contribution in [0.2, 0.25) is 0 Å². The zero-order valence-corrected chi connectivity index (χ0v) is 10.8. The fourth-order valence-electron chi connectivity index (χ4n) is 1.88. The van der Waals surface area contributed by atoms with E-state index in [1.165, 1.54) is 6.26 Å². The smallest absolute Gasteiger partial charge is 0.261 e. The lowest BCUT2D eigenvalue weighted by molar-refractivity contribution is 0.00750. The summed E-state index contributed by atoms with van der Waals surface area (Å²) in [6, 6.07) is 2.35. The molecule has 2 heterocycles. The first-order valence-corrected chi connectivity index (χ1v) is 5.05. The fourth-order valence-corrected chi connectivity index (χ4v) is 1.88. The molecule has 0 unspecified atom stereocenters. The molecule has 0 amide bonds. The van der Waals surface area contributed by atoms with Gasteiger partial charge < -0.3 is 9.73 Å². The van der Waals surface area contributed by atoms with E-state index in [2.05, 4.69) is 5.32 Å². The highest BCUT2D eigenvalue weighted by atomic mass is 35.5. The highest BCUT2D eigenvalue weighted by Crippen LogP contribution is 2.27. The molecule has 0 bridgehead atoms. The van der Waals surface area contributed by atoms with Crippen molar-refractivity contribution >= 4 is 24.8 Å². The third-order valence-corrected chi connectivity index (χ3v) is 2.62. The molecule has 0 spiro atoms. The van der Waals surface area contributed by atoms with Crippen molar-refractivity contribution in [2.24, 2.45) is 0 Å². The van der Waals surface area contributed by atoms with Gasteiger partial charge in [-0.15, -0.1) is 24.8 Å². The van der Waals surface area contributed by atoms with Gasteiger partial charge in [0, 0.05) is 26.2 Å². The molecule has 1 aromatic rings. The van der Waals surface area contributed by atoms with Gasteiger partial charge in [-0.3, -0.25) is 4.90 Å². The van der Waals surface area contributed by atoms with Crippen molar-refractivity contribution in [2.45, 2.75) is 12.5 Å². The topological polar surface area (TPSA) is 28.4 Å². The minimum atomic E-state index is -2.41. The van der Waals surface area contributed by atoms with E-state index in [1.807, 2.05) is 0 Å². The summed E-state index contributed by atoms with van der Waals surface area (Å²) in [5.74, 6) is 0.354. The predicted molar refractivity (Wildman–Crippen MR) is 66.4 cm³/mol. The molecule has 1 aromatic heterocycles. The van der Waals surface area contributed by atoms with Gasteiger partial charge in [-0.05, 0) is 12.1 Å². The first kappa shape index (κ1) is 16.6. The van der Waals surface area contributed by atoms with Gasteiger partial charge in [0.25, 0.3) is 6.43 Å². The molecule has 3 nitrogen and oxygen atoms in total. The molecule has 2 rings (SSSR count). The Kier molecular flexibility index (Phi) is 7.70. The van der Waals surface area contributed by atoms with Crippen LogP contribution in [0.5, 0.6) is 0 Å². The maximum atomic E-state index is 12.9. The Labute approximate surface area is 111 Å². The predicted octanol–water partition coefficient (Wildman–Crippen LogP) is 2.33. The van der Waals surface area contributed by atoms with E-state index in [0.717, 1.165) is 13.1 Å². The lowest BCUT2D eigenvalue weighted by Gasteiger charge is -2.33. The molecule has 0 aromatic carbocycles. The second-order valence-corrected chi connectivity index (χ2v) is 3.58. The third-order valence-electron chi connectivity index (χ3n) is 2.62. The summed E-state index contributed by atoms with van der Waals surface area (Å²) in [7, 11) is 0. The summed E-state index contributed by atoms with van der Waals surface area (Å²) in [6.07, 6.45) is -0.971. The van der Waals surface area contributed by atoms with Crippen LogP contribution in [0.4, 0.5) is 8.78 Å². The summed E-state index contributed by atoms with van der Waals surface area (Å²) < 4.78 is 30.9. The molecule has 1 N–H and O–H groups in total. The molecule has 100 valence electrons. The first-order valence-electron chi connectivity index (χ1n) is 5.05. The van der Waals surface area contributed by atoms with Crippen LogP contribution in [0.3, 0.4) is 0 Å². The molecule has 1 fully saturated rings. The number of nitrogens with one attached hydrogen (secondary N) is 1. The van der Waals surface area contributed by atoms with Gasteiger partial charge in [0.1, 0.15) is 11.8 Å². The Morgan fingerprint density at radius 2 is 1.88 bits per heavy atom. The lowest BCUT2D eigenvalue weighted by Crippen LogP contribution is -2.46. The molecule has 1 aliphatic rings. The van der Waals surface area contributed by atoms with Gasteiger partial charge >= 0.3 is 0 Å². The van der Waals surface area contributed by atoms with E-state index in [1.54, 1.807) is 17.0 Å². The van der Waals surface area contributed by atoms with E-state index in [-0.39, 0.29) is 24.8 Å². The fraction of sp³-hybridized carbons (Fsp3) is 0.600. The van der Waals surface area contributed by atoms with Crippen LogP contribution >= 0.6 is 24.8 Å². The van der Waals surface area contributed by atoms with Crippen LogP contribution < -0.4 is 5.32 Å². The molecular weight excluding hydrogens is 273 g/mol. The molecule has 1 saturated heterocycles. The van der Waals surface area contributed by atoms with E-state index < -0.39 is 12.5 Å². The van der Waals surface area contributed by atoms with Crippen molar-refractivity contribution in [3.8, 4) is 0 Å². The van der Waals surface area contributed by atoms with Crippen molar-refractivity contribution in [3.05, 3.63) is 24.2 Å². The molecule has 0 radical (unpaired) electrons. The van der Waals surface area contributed by atoms with Crippen LogP contribution in [0.1, 0.15) is 11.8 Å². The van der Waals surface area contributed by atoms with Crippen LogP contribution in [0, 0.1) is 0 Å². The number of piperazine rings is 1. The van der Waals surface area contributed by atoms with Gasteiger partial charge in [-0.2, -0.15) is 0 Å². The Morgan fingerprint density at radius 3 is 2.35 bits per heavy atom. The van der Waals surface area contributed by atoms with Crippen LogP contribution in [0.25, 0.3) is 0 Å². The van der Waals surface area contributed by atoms with E-state index in [0.29, 0.717) is 18.8 Å². The highest BCUT2D eigenvalue weighted by molar-refractivity contribution is 5.85. The standard InChI is InChI=1S/C10H14F2N2O.2ClH/c11-10(12)9(8-2-1-7-15-8)14-5-3-13-4-6-14;;/h1-2,7,9-10,13H,3-6H2;2*1H/t9-;;/m1../s1. The summed E-state index contributed by atoms with van der Waals surface area (Å²) in [6.45, 7) is 2.78. The Balaban J connectivity index is 0.00000128. The number of hydrogen-bond donors (Lipinski definition) is 1. The number of alkyl halides is 2. The average molecular weight is 289 g/mol. The quantitative estimate of drug-likeness (QED) is 0.925. The molecule has 0 saturated carbocycles. The molecule has 0 aliphatic carbocycles. The Morgan fingerprint density at radius 1 is 1.24 bits per heavy atom. The number of rotatable bonds is 3. The van der Waals surface area contributed by atoms with E-state index >= 15 is 0 Å². The summed E-state index contributed by atoms with van der Waals surface area (Å²) in [4.78, 5) is 1.76. The van der Waals surface area contributed by atoms with Gasteiger partial charge in [-0.1, -0.05) is 0 Å². The third kappa shape index (κ3) is 4.10. The number of hydrogen-bond acceptors (Lipinski definition) is 3. The minimum Gasteiger partial charge on any atom is -0.467 e. The maximum absolute atomic E-state index is 12.9. The minimum absolute atomic E-state index is 0. The van der Waals surface area contributed by atoms with Crippen molar-refractivity contribution in [3.63, 3.8) is 0 Å². The monoisotopic (exact) mass is 288 g/mol. The van der Waals surface area contributed by atoms with Crippen molar-refractivity contribution in [1.82, 2.24) is 10.2 Å². The van der Waals surface area contributed by atoms with E-state index in [9.17, 15) is 8.78 Å². The maximum Gasteiger partial charge on any atom is 0.261 e. The normalized spacial score (nSPS) is 18.3. The molecular formula is C10H16Cl2F2N2O.